The fraction of sp³-hybridized carbons (Fsp3) is 0.538. The van der Waals surface area contributed by atoms with Crippen molar-refractivity contribution in [3.63, 3.8) is 0 Å². The summed E-state index contributed by atoms with van der Waals surface area (Å²) in [6.45, 7) is 4.73. The van der Waals surface area contributed by atoms with Crippen LogP contribution in [0.25, 0.3) is 5.78 Å². The lowest BCUT2D eigenvalue weighted by Crippen LogP contribution is -2.51. The average Bonchev–Trinajstić information content (AvgIpc) is 3.00. The number of aromatic nitrogens is 4. The molecule has 0 spiro atoms. The second kappa shape index (κ2) is 5.85. The van der Waals surface area contributed by atoms with Gasteiger partial charge in [0.25, 0.3) is 11.7 Å². The third-order valence-electron chi connectivity index (χ3n) is 3.91. The summed E-state index contributed by atoms with van der Waals surface area (Å²) in [5, 5.41) is 4.19. The van der Waals surface area contributed by atoms with E-state index in [1.165, 1.54) is 8.82 Å². The molecule has 1 aliphatic heterocycles. The van der Waals surface area contributed by atoms with Gasteiger partial charge in [0.1, 0.15) is 0 Å². The number of carbonyl (C=O) groups is 1. The largest absolute Gasteiger partial charge is 0.333 e. The van der Waals surface area contributed by atoms with Gasteiger partial charge in [-0.05, 0) is 19.9 Å². The molecule has 3 heterocycles. The first-order chi connectivity index (χ1) is 10.9. The molecule has 23 heavy (non-hydrogen) atoms. The Balaban J connectivity index is 1.75. The molecule has 0 radical (unpaired) electrons. The topological polar surface area (TPSA) is 101 Å². The van der Waals surface area contributed by atoms with Crippen LogP contribution in [0, 0.1) is 6.92 Å². The molecule has 3 rings (SSSR count). The highest BCUT2D eigenvalue weighted by molar-refractivity contribution is 7.89. The van der Waals surface area contributed by atoms with E-state index in [-0.39, 0.29) is 17.5 Å². The summed E-state index contributed by atoms with van der Waals surface area (Å²) >= 11 is 0. The van der Waals surface area contributed by atoms with Crippen molar-refractivity contribution in [2.24, 2.45) is 0 Å². The van der Waals surface area contributed by atoms with Gasteiger partial charge in [0.2, 0.25) is 15.8 Å². The van der Waals surface area contributed by atoms with Gasteiger partial charge in [-0.25, -0.2) is 17.9 Å². The maximum absolute atomic E-state index is 12.5. The molecule has 10 heteroatoms. The summed E-state index contributed by atoms with van der Waals surface area (Å²) < 4.78 is 26.6. The lowest BCUT2D eigenvalue weighted by molar-refractivity contribution is 0.0686. The maximum Gasteiger partial charge on any atom is 0.293 e. The summed E-state index contributed by atoms with van der Waals surface area (Å²) in [4.78, 5) is 22.3. The van der Waals surface area contributed by atoms with Crippen molar-refractivity contribution in [2.45, 2.75) is 13.8 Å². The van der Waals surface area contributed by atoms with Crippen LogP contribution in [0.1, 0.15) is 23.2 Å². The van der Waals surface area contributed by atoms with E-state index in [9.17, 15) is 13.2 Å². The average molecular weight is 338 g/mol. The van der Waals surface area contributed by atoms with Crippen molar-refractivity contribution in [2.75, 3.05) is 31.9 Å². The summed E-state index contributed by atoms with van der Waals surface area (Å²) in [5.41, 5.74) is 0.834. The first-order valence-corrected chi connectivity index (χ1v) is 8.99. The normalized spacial score (nSPS) is 16.9. The van der Waals surface area contributed by atoms with Gasteiger partial charge in [-0.1, -0.05) is 0 Å². The van der Waals surface area contributed by atoms with Gasteiger partial charge < -0.3 is 4.90 Å². The molecule has 124 valence electrons. The van der Waals surface area contributed by atoms with Gasteiger partial charge >= 0.3 is 0 Å². The molecule has 2 aromatic rings. The molecule has 1 amide bonds. The summed E-state index contributed by atoms with van der Waals surface area (Å²) in [5.74, 6) is 0.225. The van der Waals surface area contributed by atoms with Crippen molar-refractivity contribution in [3.8, 4) is 0 Å². The van der Waals surface area contributed by atoms with Crippen LogP contribution in [0.15, 0.2) is 12.3 Å². The third-order valence-corrected chi connectivity index (χ3v) is 5.79. The van der Waals surface area contributed by atoms with Crippen molar-refractivity contribution >= 4 is 21.7 Å². The Bertz CT molecular complexity index is 839. The Kier molecular flexibility index (Phi) is 4.02. The summed E-state index contributed by atoms with van der Waals surface area (Å²) in [7, 11) is -3.21. The van der Waals surface area contributed by atoms with Crippen LogP contribution in [-0.4, -0.2) is 75.0 Å². The van der Waals surface area contributed by atoms with Crippen LogP contribution < -0.4 is 0 Å². The van der Waals surface area contributed by atoms with Gasteiger partial charge in [-0.15, -0.1) is 5.10 Å². The van der Waals surface area contributed by atoms with Crippen LogP contribution in [0.3, 0.4) is 0 Å². The van der Waals surface area contributed by atoms with Crippen LogP contribution in [0.5, 0.6) is 0 Å². The molecule has 2 aromatic heterocycles. The van der Waals surface area contributed by atoms with Crippen LogP contribution in [0.2, 0.25) is 0 Å². The van der Waals surface area contributed by atoms with Crippen LogP contribution in [0.4, 0.5) is 0 Å². The fourth-order valence-electron chi connectivity index (χ4n) is 2.49. The third kappa shape index (κ3) is 2.91. The highest BCUT2D eigenvalue weighted by atomic mass is 32.2. The van der Waals surface area contributed by atoms with Gasteiger partial charge in [0, 0.05) is 38.1 Å². The zero-order valence-corrected chi connectivity index (χ0v) is 13.8. The van der Waals surface area contributed by atoms with Crippen molar-refractivity contribution in [3.05, 3.63) is 23.8 Å². The monoisotopic (exact) mass is 338 g/mol. The number of piperazine rings is 1. The molecule has 0 unspecified atom stereocenters. The number of carbonyl (C=O) groups excluding carboxylic acids is 1. The number of hydrogen-bond acceptors (Lipinski definition) is 6. The van der Waals surface area contributed by atoms with E-state index in [2.05, 4.69) is 15.1 Å². The Morgan fingerprint density at radius 3 is 2.57 bits per heavy atom. The number of hydrogen-bond donors (Lipinski definition) is 0. The Hall–Kier alpha value is -2.07. The first-order valence-electron chi connectivity index (χ1n) is 7.38. The van der Waals surface area contributed by atoms with Crippen molar-refractivity contribution < 1.29 is 13.2 Å². The lowest BCUT2D eigenvalue weighted by Gasteiger charge is -2.33. The highest BCUT2D eigenvalue weighted by Gasteiger charge is 2.29. The Labute approximate surface area is 134 Å². The molecular weight excluding hydrogens is 320 g/mol. The standard InChI is InChI=1S/C13H18N6O3S/c1-3-23(21,22)18-8-6-17(7-9-18)12(20)11-15-13-14-5-4-10(2)19(13)16-11/h4-5H,3,6-9H2,1-2H3. The van der Waals surface area contributed by atoms with Gasteiger partial charge in [0.05, 0.1) is 5.75 Å². The van der Waals surface area contributed by atoms with Gasteiger partial charge in [-0.3, -0.25) is 4.79 Å². The molecule has 0 aromatic carbocycles. The Morgan fingerprint density at radius 2 is 1.96 bits per heavy atom. The minimum atomic E-state index is -3.21. The van der Waals surface area contributed by atoms with E-state index in [0.29, 0.717) is 32.0 Å². The molecule has 0 atom stereocenters. The Morgan fingerprint density at radius 1 is 1.26 bits per heavy atom. The smallest absolute Gasteiger partial charge is 0.293 e. The zero-order valence-electron chi connectivity index (χ0n) is 13.0. The van der Waals surface area contributed by atoms with Crippen molar-refractivity contribution in [1.82, 2.24) is 28.8 Å². The molecule has 0 saturated carbocycles. The fourth-order valence-corrected chi connectivity index (χ4v) is 3.58. The number of nitrogens with zero attached hydrogens (tertiary/aromatic N) is 6. The molecule has 1 saturated heterocycles. The molecule has 0 aliphatic carbocycles. The molecule has 9 nitrogen and oxygen atoms in total. The zero-order chi connectivity index (χ0) is 16.6. The number of rotatable bonds is 3. The minimum Gasteiger partial charge on any atom is -0.333 e. The summed E-state index contributed by atoms with van der Waals surface area (Å²) in [6.07, 6.45) is 1.61. The lowest BCUT2D eigenvalue weighted by atomic mass is 10.3. The predicted molar refractivity (Wildman–Crippen MR) is 82.5 cm³/mol. The van der Waals surface area contributed by atoms with E-state index >= 15 is 0 Å². The van der Waals surface area contributed by atoms with Crippen LogP contribution >= 0.6 is 0 Å². The second-order valence-corrected chi connectivity index (χ2v) is 7.58. The molecular formula is C13H18N6O3S. The highest BCUT2D eigenvalue weighted by Crippen LogP contribution is 2.11. The van der Waals surface area contributed by atoms with E-state index in [4.69, 9.17) is 0 Å². The number of aryl methyl sites for hydroxylation is 1. The molecule has 1 aliphatic rings. The number of fused-ring (bicyclic) bond motifs is 1. The maximum atomic E-state index is 12.5. The summed E-state index contributed by atoms with van der Waals surface area (Å²) in [6, 6.07) is 1.78. The molecule has 1 fully saturated rings. The van der Waals surface area contributed by atoms with Crippen LogP contribution in [-0.2, 0) is 10.0 Å². The SMILES string of the molecule is CCS(=O)(=O)N1CCN(C(=O)c2nc3nccc(C)n3n2)CC1. The van der Waals surface area contributed by atoms with E-state index in [1.54, 1.807) is 24.1 Å². The first kappa shape index (κ1) is 15.8. The second-order valence-electron chi connectivity index (χ2n) is 5.33. The predicted octanol–water partition coefficient (Wildman–Crippen LogP) is -0.460. The number of sulfonamides is 1. The number of amides is 1. The van der Waals surface area contributed by atoms with E-state index in [0.717, 1.165) is 5.69 Å². The van der Waals surface area contributed by atoms with Gasteiger partial charge in [0.15, 0.2) is 0 Å². The van der Waals surface area contributed by atoms with E-state index in [1.807, 2.05) is 6.92 Å². The minimum absolute atomic E-state index is 0.0693. The molecule has 0 bridgehead atoms. The van der Waals surface area contributed by atoms with Crippen molar-refractivity contribution in [1.29, 1.82) is 0 Å². The van der Waals surface area contributed by atoms with Gasteiger partial charge in [-0.2, -0.15) is 9.29 Å². The quantitative estimate of drug-likeness (QED) is 0.751. The van der Waals surface area contributed by atoms with E-state index < -0.39 is 10.0 Å². The molecule has 0 N–H and O–H groups in total.